The Morgan fingerprint density at radius 1 is 0.971 bits per heavy atom. The monoisotopic (exact) mass is 503 g/mol. The summed E-state index contributed by atoms with van der Waals surface area (Å²) >= 11 is 6.48. The van der Waals surface area contributed by atoms with Crippen LogP contribution in [0.25, 0.3) is 11.1 Å². The second-order valence-electron chi connectivity index (χ2n) is 9.24. The van der Waals surface area contributed by atoms with E-state index in [0.717, 1.165) is 11.1 Å². The van der Waals surface area contributed by atoms with E-state index in [1.165, 1.54) is 0 Å². The van der Waals surface area contributed by atoms with Crippen LogP contribution in [-0.4, -0.2) is 72.2 Å². The Hall–Kier alpha value is -2.62. The summed E-state index contributed by atoms with van der Waals surface area (Å²) in [4.78, 5) is 28.6. The molecule has 1 saturated heterocycles. The molecular weight excluding hydrogens is 478 g/mol. The Kier molecular flexibility index (Phi) is 5.82. The smallest absolute Gasteiger partial charge is 0.255 e. The number of nitrogens with zero attached hydrogens (tertiary/aromatic N) is 2. The van der Waals surface area contributed by atoms with Crippen molar-refractivity contribution < 1.29 is 23.1 Å². The first kappa shape index (κ1) is 23.1. The number of carbonyl (C=O) groups excluding carboxylic acids is 2. The van der Waals surface area contributed by atoms with Crippen LogP contribution in [-0.2, 0) is 14.8 Å². The standard InChI is InChI=1S/C24H26ClN3O5S/c25-21-15-17(16-2-1-3-18(14-16)26-34(32,33)19-5-6-19)4-7-20(21)22(29)27-10-12-28(13-11-27)23(30)24(31)8-9-24/h1-4,7,14-15,19,26,31H,5-6,8-13H2. The fraction of sp³-hybridized carbons (Fsp3) is 0.417. The van der Waals surface area contributed by atoms with Gasteiger partial charge in [-0.3, -0.25) is 14.3 Å². The third kappa shape index (κ3) is 4.64. The highest BCUT2D eigenvalue weighted by molar-refractivity contribution is 7.93. The van der Waals surface area contributed by atoms with Gasteiger partial charge in [-0.25, -0.2) is 8.42 Å². The molecule has 2 N–H and O–H groups in total. The SMILES string of the molecule is O=C(c1ccc(-c2cccc(NS(=O)(=O)C3CC3)c2)cc1Cl)N1CCN(C(=O)C2(O)CC2)CC1. The molecule has 5 rings (SSSR count). The predicted octanol–water partition coefficient (Wildman–Crippen LogP) is 2.72. The van der Waals surface area contributed by atoms with Gasteiger partial charge in [0.2, 0.25) is 10.0 Å². The molecule has 0 atom stereocenters. The minimum Gasteiger partial charge on any atom is -0.380 e. The molecule has 34 heavy (non-hydrogen) atoms. The molecule has 3 fully saturated rings. The molecule has 8 nitrogen and oxygen atoms in total. The van der Waals surface area contributed by atoms with Gasteiger partial charge in [-0.15, -0.1) is 0 Å². The molecule has 2 aromatic rings. The molecule has 0 unspecified atom stereocenters. The number of aliphatic hydroxyl groups is 1. The van der Waals surface area contributed by atoms with Crippen molar-refractivity contribution in [3.63, 3.8) is 0 Å². The molecule has 180 valence electrons. The first-order chi connectivity index (χ1) is 16.2. The molecule has 0 bridgehead atoms. The summed E-state index contributed by atoms with van der Waals surface area (Å²) in [7, 11) is -3.36. The second kappa shape index (κ2) is 8.55. The summed E-state index contributed by atoms with van der Waals surface area (Å²) in [5.74, 6) is -0.455. The van der Waals surface area contributed by atoms with Gasteiger partial charge in [-0.1, -0.05) is 29.8 Å². The first-order valence-electron chi connectivity index (χ1n) is 11.4. The number of carbonyl (C=O) groups is 2. The van der Waals surface area contributed by atoms with Crippen molar-refractivity contribution in [2.45, 2.75) is 36.5 Å². The number of anilines is 1. The highest BCUT2D eigenvalue weighted by Gasteiger charge is 2.50. The van der Waals surface area contributed by atoms with Crippen molar-refractivity contribution in [3.05, 3.63) is 53.1 Å². The molecular formula is C24H26ClN3O5S. The van der Waals surface area contributed by atoms with Crippen LogP contribution in [0.3, 0.4) is 0 Å². The van der Waals surface area contributed by atoms with Gasteiger partial charge in [0.1, 0.15) is 5.60 Å². The van der Waals surface area contributed by atoms with Crippen LogP contribution in [0.1, 0.15) is 36.0 Å². The Morgan fingerprint density at radius 2 is 1.62 bits per heavy atom. The molecule has 3 aliphatic rings. The number of hydrogen-bond acceptors (Lipinski definition) is 5. The zero-order chi connectivity index (χ0) is 24.1. The Morgan fingerprint density at radius 3 is 2.24 bits per heavy atom. The van der Waals surface area contributed by atoms with Crippen molar-refractivity contribution >= 4 is 39.1 Å². The third-order valence-electron chi connectivity index (χ3n) is 6.59. The number of rotatable bonds is 6. The quantitative estimate of drug-likeness (QED) is 0.630. The first-order valence-corrected chi connectivity index (χ1v) is 13.3. The minimum atomic E-state index is -3.36. The summed E-state index contributed by atoms with van der Waals surface area (Å²) in [5, 5.41) is 10.0. The lowest BCUT2D eigenvalue weighted by Gasteiger charge is -2.36. The fourth-order valence-electron chi connectivity index (χ4n) is 4.17. The van der Waals surface area contributed by atoms with Crippen molar-refractivity contribution in [2.24, 2.45) is 0 Å². The topological polar surface area (TPSA) is 107 Å². The van der Waals surface area contributed by atoms with Gasteiger partial charge in [0.15, 0.2) is 0 Å². The van der Waals surface area contributed by atoms with E-state index in [-0.39, 0.29) is 17.1 Å². The zero-order valence-electron chi connectivity index (χ0n) is 18.5. The number of hydrogen-bond donors (Lipinski definition) is 2. The lowest BCUT2D eigenvalue weighted by atomic mass is 10.0. The molecule has 0 spiro atoms. The van der Waals surface area contributed by atoms with Gasteiger partial charge in [0.05, 0.1) is 15.8 Å². The van der Waals surface area contributed by atoms with Crippen molar-refractivity contribution in [2.75, 3.05) is 30.9 Å². The molecule has 2 aromatic carbocycles. The summed E-state index contributed by atoms with van der Waals surface area (Å²) in [6.45, 7) is 1.52. The van der Waals surface area contributed by atoms with E-state index >= 15 is 0 Å². The average Bonchev–Trinajstić information content (AvgIpc) is 3.74. The van der Waals surface area contributed by atoms with Crippen molar-refractivity contribution in [3.8, 4) is 11.1 Å². The van der Waals surface area contributed by atoms with E-state index in [2.05, 4.69) is 4.72 Å². The molecule has 2 amide bonds. The van der Waals surface area contributed by atoms with Crippen LogP contribution >= 0.6 is 11.6 Å². The molecule has 2 saturated carbocycles. The summed E-state index contributed by atoms with van der Waals surface area (Å²) in [6, 6.07) is 12.2. The highest BCUT2D eigenvalue weighted by Crippen LogP contribution is 2.37. The summed E-state index contributed by atoms with van der Waals surface area (Å²) in [6.07, 6.45) is 2.38. The van der Waals surface area contributed by atoms with Gasteiger partial charge in [0.25, 0.3) is 11.8 Å². The van der Waals surface area contributed by atoms with Crippen LogP contribution in [0.4, 0.5) is 5.69 Å². The van der Waals surface area contributed by atoms with Crippen LogP contribution in [0.2, 0.25) is 5.02 Å². The summed E-state index contributed by atoms with van der Waals surface area (Å²) in [5.41, 5.74) is 1.21. The van der Waals surface area contributed by atoms with Gasteiger partial charge >= 0.3 is 0 Å². The number of amides is 2. The molecule has 0 aromatic heterocycles. The maximum absolute atomic E-state index is 13.0. The van der Waals surface area contributed by atoms with Crippen molar-refractivity contribution in [1.29, 1.82) is 0 Å². The number of piperazine rings is 1. The van der Waals surface area contributed by atoms with E-state index < -0.39 is 15.6 Å². The summed E-state index contributed by atoms with van der Waals surface area (Å²) < 4.78 is 27.1. The molecule has 2 aliphatic carbocycles. The molecule has 0 radical (unpaired) electrons. The molecule has 10 heteroatoms. The minimum absolute atomic E-state index is 0.209. The maximum atomic E-state index is 13.0. The van der Waals surface area contributed by atoms with Gasteiger partial charge in [0, 0.05) is 31.9 Å². The largest absolute Gasteiger partial charge is 0.380 e. The van der Waals surface area contributed by atoms with Crippen LogP contribution in [0.5, 0.6) is 0 Å². The second-order valence-corrected chi connectivity index (χ2v) is 11.6. The van der Waals surface area contributed by atoms with Crippen molar-refractivity contribution in [1.82, 2.24) is 9.80 Å². The highest BCUT2D eigenvalue weighted by atomic mass is 35.5. The van der Waals surface area contributed by atoms with Gasteiger partial charge in [-0.2, -0.15) is 0 Å². The normalized spacial score (nSPS) is 19.6. The van der Waals surface area contributed by atoms with Crippen LogP contribution < -0.4 is 4.72 Å². The predicted molar refractivity (Wildman–Crippen MR) is 129 cm³/mol. The third-order valence-corrected chi connectivity index (χ3v) is 8.78. The molecule has 1 heterocycles. The molecule has 1 aliphatic heterocycles. The average molecular weight is 504 g/mol. The zero-order valence-corrected chi connectivity index (χ0v) is 20.1. The van der Waals surface area contributed by atoms with Crippen LogP contribution in [0, 0.1) is 0 Å². The van der Waals surface area contributed by atoms with Gasteiger partial charge < -0.3 is 14.9 Å². The van der Waals surface area contributed by atoms with Gasteiger partial charge in [-0.05, 0) is 61.1 Å². The Balaban J connectivity index is 1.26. The number of benzene rings is 2. The Bertz CT molecular complexity index is 1250. The number of sulfonamides is 1. The van der Waals surface area contributed by atoms with E-state index in [4.69, 9.17) is 11.6 Å². The maximum Gasteiger partial charge on any atom is 0.255 e. The van der Waals surface area contributed by atoms with E-state index in [9.17, 15) is 23.1 Å². The van der Waals surface area contributed by atoms with E-state index in [0.29, 0.717) is 68.1 Å². The van der Waals surface area contributed by atoms with E-state index in [1.54, 1.807) is 46.2 Å². The lowest BCUT2D eigenvalue weighted by Crippen LogP contribution is -2.53. The fourth-order valence-corrected chi connectivity index (χ4v) is 5.81. The number of halogens is 1. The lowest BCUT2D eigenvalue weighted by molar-refractivity contribution is -0.143. The van der Waals surface area contributed by atoms with Crippen LogP contribution in [0.15, 0.2) is 42.5 Å². The Labute approximate surface area is 203 Å². The number of nitrogens with one attached hydrogen (secondary N) is 1. The van der Waals surface area contributed by atoms with E-state index in [1.807, 2.05) is 6.07 Å².